The minimum Gasteiger partial charge on any atom is -0.507 e. The third-order valence-corrected chi connectivity index (χ3v) is 3.77. The third kappa shape index (κ3) is 3.23. The van der Waals surface area contributed by atoms with Crippen LogP contribution >= 0.6 is 0 Å². The molecule has 1 aromatic rings. The van der Waals surface area contributed by atoms with Gasteiger partial charge in [-0.25, -0.2) is 0 Å². The number of phenolic OH excluding ortho intramolecular Hbond substituents is 1. The number of benzene rings is 1. The van der Waals surface area contributed by atoms with Crippen LogP contribution in [0.2, 0.25) is 0 Å². The number of aromatic hydroxyl groups is 1. The summed E-state index contributed by atoms with van der Waals surface area (Å²) < 4.78 is 37.5. The third-order valence-electron chi connectivity index (χ3n) is 3.77. The molecule has 1 heterocycles. The number of fused-ring (bicyclic) bond motifs is 1. The summed E-state index contributed by atoms with van der Waals surface area (Å²) in [5.41, 5.74) is 1.55. The van der Waals surface area contributed by atoms with E-state index in [9.17, 15) is 27.9 Å². The fourth-order valence-electron chi connectivity index (χ4n) is 2.56. The van der Waals surface area contributed by atoms with Crippen molar-refractivity contribution in [1.29, 1.82) is 0 Å². The number of carbonyl (C=O) groups excluding carboxylic acids is 2. The van der Waals surface area contributed by atoms with E-state index >= 15 is 0 Å². The van der Waals surface area contributed by atoms with Gasteiger partial charge in [0, 0.05) is 19.5 Å². The Hall–Kier alpha value is -2.05. The van der Waals surface area contributed by atoms with Crippen LogP contribution in [-0.2, 0) is 17.6 Å². The average Bonchev–Trinajstić information content (AvgIpc) is 2.66. The summed E-state index contributed by atoms with van der Waals surface area (Å²) in [6.45, 7) is 1.54. The Kier molecular flexibility index (Phi) is 4.44. The number of alkyl halides is 3. The highest BCUT2D eigenvalue weighted by Gasteiger charge is 2.42. The van der Waals surface area contributed by atoms with Crippen molar-refractivity contribution >= 4 is 11.7 Å². The summed E-state index contributed by atoms with van der Waals surface area (Å²) in [6, 6.07) is 2.94. The van der Waals surface area contributed by atoms with Gasteiger partial charge in [0.2, 0.25) is 0 Å². The summed E-state index contributed by atoms with van der Waals surface area (Å²) in [5.74, 6) is -2.25. The Morgan fingerprint density at radius 1 is 1.18 bits per heavy atom. The summed E-state index contributed by atoms with van der Waals surface area (Å²) in [5, 5.41) is 9.88. The summed E-state index contributed by atoms with van der Waals surface area (Å²) in [6.07, 6.45) is -4.22. The van der Waals surface area contributed by atoms with Gasteiger partial charge in [0.25, 0.3) is 0 Å². The maximum absolute atomic E-state index is 12.5. The number of hydrogen-bond donors (Lipinski definition) is 1. The molecule has 1 aliphatic rings. The Morgan fingerprint density at radius 2 is 1.73 bits per heavy atom. The Labute approximate surface area is 125 Å². The van der Waals surface area contributed by atoms with Crippen LogP contribution in [0.15, 0.2) is 12.1 Å². The number of Topliss-reactive ketones (excluding diaryl/α,β-unsaturated/α-hetero) is 1. The predicted molar refractivity (Wildman–Crippen MR) is 72.8 cm³/mol. The second-order valence-corrected chi connectivity index (χ2v) is 5.20. The summed E-state index contributed by atoms with van der Waals surface area (Å²) in [7, 11) is 0. The SMILES string of the molecule is CCC(=O)c1cc2c(cc1O)CCN(C(=O)C(F)(F)F)CC2. The van der Waals surface area contributed by atoms with Crippen LogP contribution in [0.3, 0.4) is 0 Å². The van der Waals surface area contributed by atoms with Gasteiger partial charge < -0.3 is 10.0 Å². The number of ketones is 1. The van der Waals surface area contributed by atoms with E-state index in [1.165, 1.54) is 12.1 Å². The van der Waals surface area contributed by atoms with Gasteiger partial charge in [-0.05, 0) is 36.1 Å². The molecule has 0 atom stereocenters. The zero-order valence-electron chi connectivity index (χ0n) is 12.0. The van der Waals surface area contributed by atoms with Crippen LogP contribution in [-0.4, -0.2) is 41.0 Å². The first-order chi connectivity index (χ1) is 10.2. The highest BCUT2D eigenvalue weighted by Crippen LogP contribution is 2.28. The van der Waals surface area contributed by atoms with E-state index in [4.69, 9.17) is 0 Å². The Balaban J connectivity index is 2.26. The molecule has 7 heteroatoms. The topological polar surface area (TPSA) is 57.6 Å². The van der Waals surface area contributed by atoms with Crippen LogP contribution in [0.4, 0.5) is 13.2 Å². The van der Waals surface area contributed by atoms with Crippen molar-refractivity contribution in [2.45, 2.75) is 32.4 Å². The molecule has 4 nitrogen and oxygen atoms in total. The number of nitrogens with zero attached hydrogens (tertiary/aromatic N) is 1. The maximum Gasteiger partial charge on any atom is 0.471 e. The van der Waals surface area contributed by atoms with Crippen molar-refractivity contribution in [2.24, 2.45) is 0 Å². The molecule has 0 aliphatic carbocycles. The highest BCUT2D eigenvalue weighted by atomic mass is 19.4. The van der Waals surface area contributed by atoms with E-state index in [0.717, 1.165) is 4.90 Å². The van der Waals surface area contributed by atoms with E-state index in [2.05, 4.69) is 0 Å². The van der Waals surface area contributed by atoms with E-state index in [0.29, 0.717) is 11.1 Å². The van der Waals surface area contributed by atoms with Gasteiger partial charge in [-0.3, -0.25) is 9.59 Å². The van der Waals surface area contributed by atoms with Crippen molar-refractivity contribution in [1.82, 2.24) is 4.90 Å². The van der Waals surface area contributed by atoms with Gasteiger partial charge >= 0.3 is 12.1 Å². The standard InChI is InChI=1S/C15H16F3NO3/c1-2-12(20)11-7-9-3-5-19(14(22)15(16,17)18)6-4-10(9)8-13(11)21/h7-8,21H,2-6H2,1H3. The first-order valence-electron chi connectivity index (χ1n) is 6.98. The lowest BCUT2D eigenvalue weighted by atomic mass is 9.96. The number of phenols is 1. The van der Waals surface area contributed by atoms with Crippen LogP contribution in [0.25, 0.3) is 0 Å². The number of halogens is 3. The van der Waals surface area contributed by atoms with Gasteiger partial charge in [-0.15, -0.1) is 0 Å². The molecule has 0 bridgehead atoms. The van der Waals surface area contributed by atoms with Crippen molar-refractivity contribution in [3.8, 4) is 5.75 Å². The molecule has 0 saturated carbocycles. The highest BCUT2D eigenvalue weighted by molar-refractivity contribution is 5.98. The number of amides is 1. The fourth-order valence-corrected chi connectivity index (χ4v) is 2.56. The number of carbonyl (C=O) groups is 2. The predicted octanol–water partition coefficient (Wildman–Crippen LogP) is 2.47. The largest absolute Gasteiger partial charge is 0.507 e. The molecule has 1 N–H and O–H groups in total. The minimum atomic E-state index is -4.89. The summed E-state index contributed by atoms with van der Waals surface area (Å²) >= 11 is 0. The molecule has 0 unspecified atom stereocenters. The Bertz CT molecular complexity index is 611. The maximum atomic E-state index is 12.5. The van der Waals surface area contributed by atoms with Crippen molar-refractivity contribution in [3.05, 3.63) is 28.8 Å². The first-order valence-corrected chi connectivity index (χ1v) is 6.98. The normalized spacial score (nSPS) is 15.2. The lowest BCUT2D eigenvalue weighted by Crippen LogP contribution is -2.42. The van der Waals surface area contributed by atoms with E-state index in [1.54, 1.807) is 6.92 Å². The first kappa shape index (κ1) is 16.3. The Morgan fingerprint density at radius 3 is 2.23 bits per heavy atom. The molecule has 1 amide bonds. The molecule has 0 radical (unpaired) electrons. The van der Waals surface area contributed by atoms with Crippen LogP contribution in [0.5, 0.6) is 5.75 Å². The van der Waals surface area contributed by atoms with E-state index in [1.807, 2.05) is 0 Å². The van der Waals surface area contributed by atoms with Gasteiger partial charge in [-0.1, -0.05) is 6.92 Å². The van der Waals surface area contributed by atoms with Gasteiger partial charge in [0.1, 0.15) is 5.75 Å². The number of rotatable bonds is 2. The van der Waals surface area contributed by atoms with Crippen LogP contribution in [0.1, 0.15) is 34.8 Å². The van der Waals surface area contributed by atoms with E-state index in [-0.39, 0.29) is 49.4 Å². The molecule has 22 heavy (non-hydrogen) atoms. The van der Waals surface area contributed by atoms with Gasteiger partial charge in [0.15, 0.2) is 5.78 Å². The van der Waals surface area contributed by atoms with Gasteiger partial charge in [-0.2, -0.15) is 13.2 Å². The molecular formula is C15H16F3NO3. The smallest absolute Gasteiger partial charge is 0.471 e. The molecule has 0 aromatic heterocycles. The van der Waals surface area contributed by atoms with Crippen molar-refractivity contribution in [3.63, 3.8) is 0 Å². The lowest BCUT2D eigenvalue weighted by molar-refractivity contribution is -0.185. The fraction of sp³-hybridized carbons (Fsp3) is 0.467. The zero-order valence-corrected chi connectivity index (χ0v) is 12.0. The molecule has 1 aliphatic heterocycles. The van der Waals surface area contributed by atoms with Crippen LogP contribution in [0, 0.1) is 0 Å². The number of hydrogen-bond acceptors (Lipinski definition) is 3. The molecule has 0 fully saturated rings. The van der Waals surface area contributed by atoms with Crippen LogP contribution < -0.4 is 0 Å². The van der Waals surface area contributed by atoms with Crippen molar-refractivity contribution < 1.29 is 27.9 Å². The molecule has 0 saturated heterocycles. The van der Waals surface area contributed by atoms with Gasteiger partial charge in [0.05, 0.1) is 5.56 Å². The molecule has 2 rings (SSSR count). The molecule has 120 valence electrons. The second kappa shape index (κ2) is 5.98. The molecule has 1 aromatic carbocycles. The zero-order chi connectivity index (χ0) is 16.5. The monoisotopic (exact) mass is 315 g/mol. The minimum absolute atomic E-state index is 0.0596. The van der Waals surface area contributed by atoms with E-state index < -0.39 is 12.1 Å². The average molecular weight is 315 g/mol. The molecule has 0 spiro atoms. The summed E-state index contributed by atoms with van der Waals surface area (Å²) in [4.78, 5) is 23.8. The van der Waals surface area contributed by atoms with Crippen molar-refractivity contribution in [2.75, 3.05) is 13.1 Å². The molecular weight excluding hydrogens is 299 g/mol. The quantitative estimate of drug-likeness (QED) is 0.853. The lowest BCUT2D eigenvalue weighted by Gasteiger charge is -2.21. The second-order valence-electron chi connectivity index (χ2n) is 5.20.